The molecule has 0 aliphatic heterocycles. The highest BCUT2D eigenvalue weighted by molar-refractivity contribution is 7.99. The highest BCUT2D eigenvalue weighted by Crippen LogP contribution is 2.30. The predicted molar refractivity (Wildman–Crippen MR) is 88.6 cm³/mol. The van der Waals surface area contributed by atoms with Gasteiger partial charge in [0, 0.05) is 26.3 Å². The highest BCUT2D eigenvalue weighted by atomic mass is 32.2. The van der Waals surface area contributed by atoms with Crippen LogP contribution in [-0.2, 0) is 17.9 Å². The lowest BCUT2D eigenvalue weighted by Crippen LogP contribution is -2.20. The number of hydrogen-bond donors (Lipinski definition) is 1. The summed E-state index contributed by atoms with van der Waals surface area (Å²) in [7, 11) is 1.62. The molecule has 2 aromatic rings. The number of amides is 1. The van der Waals surface area contributed by atoms with Crippen LogP contribution < -0.4 is 10.1 Å². The van der Waals surface area contributed by atoms with Crippen LogP contribution in [0.3, 0.4) is 0 Å². The van der Waals surface area contributed by atoms with Gasteiger partial charge in [-0.25, -0.2) is 0 Å². The third kappa shape index (κ3) is 3.84. The summed E-state index contributed by atoms with van der Waals surface area (Å²) in [5, 5.41) is 16.2. The van der Waals surface area contributed by atoms with Crippen LogP contribution >= 0.6 is 11.8 Å². The summed E-state index contributed by atoms with van der Waals surface area (Å²) < 4.78 is 9.39. The zero-order valence-electron chi connectivity index (χ0n) is 13.9. The van der Waals surface area contributed by atoms with Crippen LogP contribution in [0.25, 0.3) is 11.4 Å². The van der Waals surface area contributed by atoms with Gasteiger partial charge in [-0.05, 0) is 20.8 Å². The first-order valence-corrected chi connectivity index (χ1v) is 8.60. The molecule has 8 nitrogen and oxygen atoms in total. The third-order valence-corrected chi connectivity index (χ3v) is 4.18. The number of carbonyl (C=O) groups excluding carboxylic acids is 1. The Morgan fingerprint density at radius 3 is 2.70 bits per heavy atom. The Kier molecular flexibility index (Phi) is 6.03. The molecule has 0 saturated carbocycles. The number of nitrogens with zero attached hydrogens (tertiary/aromatic N) is 5. The van der Waals surface area contributed by atoms with Gasteiger partial charge in [-0.3, -0.25) is 9.48 Å². The normalized spacial score (nSPS) is 10.8. The molecular formula is C14H22N6O2S. The molecule has 0 saturated heterocycles. The number of hydrogen-bond acceptors (Lipinski definition) is 6. The van der Waals surface area contributed by atoms with Crippen molar-refractivity contribution in [3.8, 4) is 17.3 Å². The second-order valence-corrected chi connectivity index (χ2v) is 5.59. The SMILES string of the molecule is CCOc1nn(CC)cc1-c1nnc(SCC(=O)NC)n1CC. The summed E-state index contributed by atoms with van der Waals surface area (Å²) in [4.78, 5) is 11.4. The number of thioether (sulfide) groups is 1. The van der Waals surface area contributed by atoms with Crippen molar-refractivity contribution < 1.29 is 9.53 Å². The van der Waals surface area contributed by atoms with Crippen molar-refractivity contribution in [1.82, 2.24) is 29.9 Å². The molecular weight excluding hydrogens is 316 g/mol. The van der Waals surface area contributed by atoms with E-state index in [1.54, 1.807) is 7.05 Å². The van der Waals surface area contributed by atoms with Crippen LogP contribution in [0.1, 0.15) is 20.8 Å². The van der Waals surface area contributed by atoms with E-state index in [1.807, 2.05) is 36.2 Å². The number of carbonyl (C=O) groups is 1. The molecule has 0 radical (unpaired) electrons. The molecule has 0 atom stereocenters. The van der Waals surface area contributed by atoms with Gasteiger partial charge in [-0.1, -0.05) is 11.8 Å². The van der Waals surface area contributed by atoms with E-state index >= 15 is 0 Å². The Hall–Kier alpha value is -2.03. The standard InChI is InChI=1S/C14H22N6O2S/c1-5-19-8-10(13(18-19)22-7-3)12-16-17-14(20(12)6-2)23-9-11(21)15-4/h8H,5-7,9H2,1-4H3,(H,15,21). The minimum Gasteiger partial charge on any atom is -0.476 e. The number of ether oxygens (including phenoxy) is 1. The smallest absolute Gasteiger partial charge is 0.243 e. The quantitative estimate of drug-likeness (QED) is 0.733. The van der Waals surface area contributed by atoms with E-state index in [9.17, 15) is 4.79 Å². The number of aromatic nitrogens is 5. The van der Waals surface area contributed by atoms with E-state index in [1.165, 1.54) is 11.8 Å². The third-order valence-electron chi connectivity index (χ3n) is 3.22. The average Bonchev–Trinajstić information content (AvgIpc) is 3.15. The highest BCUT2D eigenvalue weighted by Gasteiger charge is 2.20. The Morgan fingerprint density at radius 2 is 2.09 bits per heavy atom. The maximum absolute atomic E-state index is 11.4. The molecule has 0 fully saturated rings. The molecule has 126 valence electrons. The fourth-order valence-corrected chi connectivity index (χ4v) is 2.92. The molecule has 23 heavy (non-hydrogen) atoms. The fourth-order valence-electron chi connectivity index (χ4n) is 2.04. The van der Waals surface area contributed by atoms with Crippen molar-refractivity contribution in [2.75, 3.05) is 19.4 Å². The van der Waals surface area contributed by atoms with Crippen molar-refractivity contribution in [2.24, 2.45) is 0 Å². The van der Waals surface area contributed by atoms with E-state index in [0.29, 0.717) is 35.8 Å². The van der Waals surface area contributed by atoms with Crippen molar-refractivity contribution in [1.29, 1.82) is 0 Å². The zero-order valence-corrected chi connectivity index (χ0v) is 14.7. The molecule has 0 aliphatic carbocycles. The van der Waals surface area contributed by atoms with Crippen molar-refractivity contribution in [2.45, 2.75) is 39.0 Å². The monoisotopic (exact) mass is 338 g/mol. The minimum atomic E-state index is -0.0454. The van der Waals surface area contributed by atoms with Crippen LogP contribution in [0, 0.1) is 0 Å². The van der Waals surface area contributed by atoms with Crippen LogP contribution in [-0.4, -0.2) is 49.9 Å². The van der Waals surface area contributed by atoms with Gasteiger partial charge in [0.25, 0.3) is 0 Å². The molecule has 0 bridgehead atoms. The number of aryl methyl sites for hydroxylation is 1. The summed E-state index contributed by atoms with van der Waals surface area (Å²) in [6, 6.07) is 0. The Morgan fingerprint density at radius 1 is 1.30 bits per heavy atom. The lowest BCUT2D eigenvalue weighted by atomic mass is 10.3. The maximum atomic E-state index is 11.4. The number of nitrogens with one attached hydrogen (secondary N) is 1. The second-order valence-electron chi connectivity index (χ2n) is 4.65. The first-order chi connectivity index (χ1) is 11.1. The molecule has 0 aromatic carbocycles. The Balaban J connectivity index is 2.34. The van der Waals surface area contributed by atoms with Gasteiger partial charge in [-0.15, -0.1) is 15.3 Å². The van der Waals surface area contributed by atoms with E-state index in [-0.39, 0.29) is 5.91 Å². The van der Waals surface area contributed by atoms with Gasteiger partial charge in [0.15, 0.2) is 11.0 Å². The molecule has 2 aromatic heterocycles. The lowest BCUT2D eigenvalue weighted by Gasteiger charge is -2.07. The van der Waals surface area contributed by atoms with Gasteiger partial charge in [0.05, 0.1) is 12.4 Å². The van der Waals surface area contributed by atoms with E-state index < -0.39 is 0 Å². The van der Waals surface area contributed by atoms with Crippen LogP contribution in [0.4, 0.5) is 0 Å². The van der Waals surface area contributed by atoms with Gasteiger partial charge < -0.3 is 14.6 Å². The molecule has 2 rings (SSSR count). The molecule has 9 heteroatoms. The molecule has 2 heterocycles. The van der Waals surface area contributed by atoms with Crippen LogP contribution in [0.2, 0.25) is 0 Å². The second kappa shape index (κ2) is 8.00. The minimum absolute atomic E-state index is 0.0454. The summed E-state index contributed by atoms with van der Waals surface area (Å²) in [5.74, 6) is 1.52. The maximum Gasteiger partial charge on any atom is 0.243 e. The van der Waals surface area contributed by atoms with Gasteiger partial charge in [0.2, 0.25) is 11.8 Å². The summed E-state index contributed by atoms with van der Waals surface area (Å²) in [6.07, 6.45) is 1.91. The van der Waals surface area contributed by atoms with Crippen LogP contribution in [0.15, 0.2) is 11.4 Å². The molecule has 0 aliphatic rings. The number of rotatable bonds is 8. The van der Waals surface area contributed by atoms with Gasteiger partial charge >= 0.3 is 0 Å². The van der Waals surface area contributed by atoms with E-state index in [4.69, 9.17) is 4.74 Å². The Bertz CT molecular complexity index is 666. The molecule has 1 N–H and O–H groups in total. The summed E-state index contributed by atoms with van der Waals surface area (Å²) in [6.45, 7) is 7.93. The fraction of sp³-hybridized carbons (Fsp3) is 0.571. The van der Waals surface area contributed by atoms with Crippen molar-refractivity contribution in [3.63, 3.8) is 0 Å². The topological polar surface area (TPSA) is 86.9 Å². The predicted octanol–water partition coefficient (Wildman–Crippen LogP) is 1.42. The largest absolute Gasteiger partial charge is 0.476 e. The first kappa shape index (κ1) is 17.3. The first-order valence-electron chi connectivity index (χ1n) is 7.61. The molecule has 0 unspecified atom stereocenters. The lowest BCUT2D eigenvalue weighted by molar-refractivity contribution is -0.118. The summed E-state index contributed by atoms with van der Waals surface area (Å²) >= 11 is 1.36. The Labute approximate surface area is 139 Å². The average molecular weight is 338 g/mol. The van der Waals surface area contributed by atoms with Gasteiger partial charge in [-0.2, -0.15) is 0 Å². The van der Waals surface area contributed by atoms with Gasteiger partial charge in [0.1, 0.15) is 5.56 Å². The molecule has 0 spiro atoms. The zero-order chi connectivity index (χ0) is 16.8. The molecule has 1 amide bonds. The van der Waals surface area contributed by atoms with Crippen molar-refractivity contribution in [3.05, 3.63) is 6.20 Å². The van der Waals surface area contributed by atoms with E-state index in [0.717, 1.165) is 12.1 Å². The van der Waals surface area contributed by atoms with Crippen LogP contribution in [0.5, 0.6) is 5.88 Å². The summed E-state index contributed by atoms with van der Waals surface area (Å²) in [5.41, 5.74) is 0.815. The van der Waals surface area contributed by atoms with Crippen molar-refractivity contribution >= 4 is 17.7 Å². The van der Waals surface area contributed by atoms with E-state index in [2.05, 4.69) is 20.6 Å².